The molecule has 28 heavy (non-hydrogen) atoms. The van der Waals surface area contributed by atoms with Crippen molar-refractivity contribution < 1.29 is 9.53 Å². The third kappa shape index (κ3) is 3.61. The zero-order valence-electron chi connectivity index (χ0n) is 17.1. The molecule has 2 atom stereocenters. The van der Waals surface area contributed by atoms with Crippen LogP contribution in [0.5, 0.6) is 5.75 Å². The fraction of sp³-hybridized carbons (Fsp3) is 0.391. The van der Waals surface area contributed by atoms with Crippen molar-refractivity contribution in [3.63, 3.8) is 0 Å². The molecule has 148 valence electrons. The molecule has 1 saturated heterocycles. The first-order chi connectivity index (χ1) is 13.4. The molecule has 0 unspecified atom stereocenters. The average molecular weight is 380 g/mol. The van der Waals surface area contributed by atoms with Crippen LogP contribution in [0, 0.1) is 11.3 Å². The summed E-state index contributed by atoms with van der Waals surface area (Å²) in [6.07, 6.45) is 2.80. The molecule has 5 heteroatoms. The Labute approximate surface area is 167 Å². The predicted molar refractivity (Wildman–Crippen MR) is 112 cm³/mol. The van der Waals surface area contributed by atoms with Crippen LogP contribution in [-0.4, -0.2) is 30.9 Å². The molecule has 1 heterocycles. The maximum atomic E-state index is 13.0. The lowest BCUT2D eigenvalue weighted by Crippen LogP contribution is -2.63. The lowest BCUT2D eigenvalue weighted by molar-refractivity contribution is -0.135. The maximum absolute atomic E-state index is 13.0. The summed E-state index contributed by atoms with van der Waals surface area (Å²) in [6, 6.07) is 16.2. The van der Waals surface area contributed by atoms with Gasteiger partial charge in [-0.05, 0) is 48.2 Å². The molecule has 0 aromatic heterocycles. The van der Waals surface area contributed by atoms with Crippen LogP contribution >= 0.6 is 0 Å². The third-order valence-corrected chi connectivity index (χ3v) is 5.75. The van der Waals surface area contributed by atoms with Crippen LogP contribution < -0.4 is 10.1 Å². The van der Waals surface area contributed by atoms with Gasteiger partial charge in [-0.2, -0.15) is 0 Å². The number of guanidine groups is 1. The Bertz CT molecular complexity index is 880. The molecule has 1 amide bonds. The molecule has 0 radical (unpaired) electrons. The van der Waals surface area contributed by atoms with Crippen molar-refractivity contribution in [1.29, 1.82) is 5.41 Å². The average Bonchev–Trinajstić information content (AvgIpc) is 2.72. The van der Waals surface area contributed by atoms with Crippen molar-refractivity contribution in [1.82, 2.24) is 10.2 Å². The number of unbranched alkanes of at least 4 members (excludes halogenated alkanes) is 1. The number of carbonyl (C=O) groups excluding carboxylic acids is 1. The second-order valence-electron chi connectivity index (χ2n) is 7.58. The highest BCUT2D eigenvalue weighted by molar-refractivity contribution is 6.00. The number of benzene rings is 2. The van der Waals surface area contributed by atoms with Crippen LogP contribution in [0.25, 0.3) is 11.1 Å². The summed E-state index contributed by atoms with van der Waals surface area (Å²) in [5.41, 5.74) is 2.51. The van der Waals surface area contributed by atoms with Crippen molar-refractivity contribution in [2.24, 2.45) is 5.92 Å². The van der Waals surface area contributed by atoms with E-state index in [9.17, 15) is 4.79 Å². The highest BCUT2D eigenvalue weighted by Crippen LogP contribution is 2.38. The summed E-state index contributed by atoms with van der Waals surface area (Å²) in [5, 5.41) is 11.6. The van der Waals surface area contributed by atoms with Crippen molar-refractivity contribution in [3.05, 3.63) is 54.1 Å². The summed E-state index contributed by atoms with van der Waals surface area (Å²) in [6.45, 7) is 4.17. The normalized spacial score (nSPS) is 22.1. The second-order valence-corrected chi connectivity index (χ2v) is 7.58. The van der Waals surface area contributed by atoms with Gasteiger partial charge in [-0.3, -0.25) is 15.1 Å². The van der Waals surface area contributed by atoms with Gasteiger partial charge in [0.15, 0.2) is 5.96 Å². The van der Waals surface area contributed by atoms with E-state index in [1.54, 1.807) is 14.2 Å². The fourth-order valence-electron chi connectivity index (χ4n) is 3.93. The first kappa shape index (κ1) is 19.9. The number of carbonyl (C=O) groups is 1. The number of ether oxygens (including phenoxy) is 1. The zero-order chi connectivity index (χ0) is 20.3. The number of methoxy groups -OCH3 is 1. The van der Waals surface area contributed by atoms with Gasteiger partial charge >= 0.3 is 0 Å². The van der Waals surface area contributed by atoms with Gasteiger partial charge in [0.1, 0.15) is 5.75 Å². The van der Waals surface area contributed by atoms with E-state index >= 15 is 0 Å². The fourth-order valence-corrected chi connectivity index (χ4v) is 3.93. The third-order valence-electron chi connectivity index (χ3n) is 5.75. The summed E-state index contributed by atoms with van der Waals surface area (Å²) in [7, 11) is 3.33. The minimum atomic E-state index is -0.620. The van der Waals surface area contributed by atoms with Crippen LogP contribution in [0.1, 0.15) is 38.7 Å². The van der Waals surface area contributed by atoms with E-state index in [-0.39, 0.29) is 17.8 Å². The Hall–Kier alpha value is -2.82. The van der Waals surface area contributed by atoms with Gasteiger partial charge in [-0.15, -0.1) is 0 Å². The topological polar surface area (TPSA) is 65.4 Å². The molecule has 0 spiro atoms. The highest BCUT2D eigenvalue weighted by atomic mass is 16.5. The van der Waals surface area contributed by atoms with E-state index in [0.717, 1.165) is 41.7 Å². The Morgan fingerprint density at radius 1 is 1.18 bits per heavy atom. The maximum Gasteiger partial charge on any atom is 0.234 e. The van der Waals surface area contributed by atoms with Crippen molar-refractivity contribution in [2.45, 2.75) is 38.6 Å². The SMILES string of the molecule is CCCC[C@@H]1C(=O)N(C)C(=N)N[C@]1(C)c1cccc(-c2cccc(OC)c2)c1. The molecule has 5 nitrogen and oxygen atoms in total. The molecule has 0 saturated carbocycles. The molecule has 2 N–H and O–H groups in total. The van der Waals surface area contributed by atoms with E-state index < -0.39 is 5.54 Å². The van der Waals surface area contributed by atoms with Crippen molar-refractivity contribution in [2.75, 3.05) is 14.2 Å². The predicted octanol–water partition coefficient (Wildman–Crippen LogP) is 4.38. The van der Waals surface area contributed by atoms with Crippen LogP contribution in [0.2, 0.25) is 0 Å². The molecule has 1 aliphatic rings. The van der Waals surface area contributed by atoms with Crippen LogP contribution in [0.4, 0.5) is 0 Å². The Morgan fingerprint density at radius 3 is 2.54 bits per heavy atom. The van der Waals surface area contributed by atoms with Gasteiger partial charge in [0.25, 0.3) is 0 Å². The van der Waals surface area contributed by atoms with Gasteiger partial charge in [0, 0.05) is 7.05 Å². The van der Waals surface area contributed by atoms with Crippen LogP contribution in [0.15, 0.2) is 48.5 Å². The van der Waals surface area contributed by atoms with Crippen LogP contribution in [0.3, 0.4) is 0 Å². The highest BCUT2D eigenvalue weighted by Gasteiger charge is 2.46. The molecule has 1 aliphatic heterocycles. The van der Waals surface area contributed by atoms with Gasteiger partial charge in [0.05, 0.1) is 18.6 Å². The van der Waals surface area contributed by atoms with Crippen LogP contribution in [-0.2, 0) is 10.3 Å². The first-order valence-corrected chi connectivity index (χ1v) is 9.80. The van der Waals surface area contributed by atoms with Gasteiger partial charge in [0.2, 0.25) is 5.91 Å². The Balaban J connectivity index is 2.04. The summed E-state index contributed by atoms with van der Waals surface area (Å²) >= 11 is 0. The molecule has 0 bridgehead atoms. The summed E-state index contributed by atoms with van der Waals surface area (Å²) in [5.74, 6) is 0.745. The monoisotopic (exact) mass is 379 g/mol. The van der Waals surface area contributed by atoms with E-state index in [1.807, 2.05) is 43.3 Å². The molecule has 2 aromatic carbocycles. The molecule has 0 aliphatic carbocycles. The largest absolute Gasteiger partial charge is 0.497 e. The zero-order valence-corrected chi connectivity index (χ0v) is 17.1. The van der Waals surface area contributed by atoms with E-state index in [2.05, 4.69) is 24.4 Å². The number of rotatable bonds is 6. The van der Waals surface area contributed by atoms with E-state index in [0.29, 0.717) is 0 Å². The second kappa shape index (κ2) is 8.05. The van der Waals surface area contributed by atoms with Gasteiger partial charge < -0.3 is 10.1 Å². The van der Waals surface area contributed by atoms with Crippen molar-refractivity contribution in [3.8, 4) is 16.9 Å². The molecule has 2 aromatic rings. The number of nitrogens with zero attached hydrogens (tertiary/aromatic N) is 1. The molecule has 1 fully saturated rings. The smallest absolute Gasteiger partial charge is 0.234 e. The van der Waals surface area contributed by atoms with E-state index in [1.165, 1.54) is 4.90 Å². The molecular weight excluding hydrogens is 350 g/mol. The van der Waals surface area contributed by atoms with Gasteiger partial charge in [-0.25, -0.2) is 0 Å². The van der Waals surface area contributed by atoms with Crippen molar-refractivity contribution >= 4 is 11.9 Å². The van der Waals surface area contributed by atoms with E-state index in [4.69, 9.17) is 10.1 Å². The first-order valence-electron chi connectivity index (χ1n) is 9.80. The summed E-state index contributed by atoms with van der Waals surface area (Å²) < 4.78 is 5.35. The quantitative estimate of drug-likeness (QED) is 0.783. The lowest BCUT2D eigenvalue weighted by atomic mass is 9.74. The Kier molecular flexibility index (Phi) is 5.73. The minimum Gasteiger partial charge on any atom is -0.497 e. The molecule has 3 rings (SSSR count). The standard InChI is InChI=1S/C23H29N3O2/c1-5-6-13-20-21(27)26(3)22(24)25-23(20,2)18-11-7-9-16(14-18)17-10-8-12-19(15-17)28-4/h7-12,14-15,20H,5-6,13H2,1-4H3,(H2,24,25)/t20-,23-/m1/s1. The number of nitrogens with one attached hydrogen (secondary N) is 2. The summed E-state index contributed by atoms with van der Waals surface area (Å²) in [4.78, 5) is 14.4. The lowest BCUT2D eigenvalue weighted by Gasteiger charge is -2.46. The van der Waals surface area contributed by atoms with Gasteiger partial charge in [-0.1, -0.05) is 50.1 Å². The molecular formula is C23H29N3O2. The number of hydrogen-bond acceptors (Lipinski definition) is 3. The number of amides is 1. The Morgan fingerprint density at radius 2 is 1.86 bits per heavy atom. The number of hydrogen-bond donors (Lipinski definition) is 2. The minimum absolute atomic E-state index is 0.00600.